The van der Waals surface area contributed by atoms with E-state index in [9.17, 15) is 0 Å². The molecule has 2 atom stereocenters. The first kappa shape index (κ1) is 15.1. The summed E-state index contributed by atoms with van der Waals surface area (Å²) in [6, 6.07) is 1.00. The Morgan fingerprint density at radius 2 is 2.15 bits per heavy atom. The minimum atomic E-state index is 0.492. The predicted molar refractivity (Wildman–Crippen MR) is 86.0 cm³/mol. The number of hydrogen-bond donors (Lipinski definition) is 2. The fourth-order valence-electron chi connectivity index (χ4n) is 3.16. The van der Waals surface area contributed by atoms with Gasteiger partial charge in [-0.1, -0.05) is 20.4 Å². The van der Waals surface area contributed by atoms with E-state index in [0.717, 1.165) is 30.7 Å². The Bertz CT molecular complexity index is 408. The first-order chi connectivity index (χ1) is 9.49. The topological polar surface area (TPSA) is 39.1 Å². The van der Waals surface area contributed by atoms with E-state index in [-0.39, 0.29) is 0 Å². The average molecular weight is 275 g/mol. The first-order valence-electron chi connectivity index (χ1n) is 8.00. The third kappa shape index (κ3) is 3.44. The molecule has 0 aliphatic carbocycles. The van der Waals surface area contributed by atoms with Gasteiger partial charge in [-0.3, -0.25) is 5.41 Å². The third-order valence-corrected chi connectivity index (χ3v) is 4.68. The predicted octanol–water partition coefficient (Wildman–Crippen LogP) is 3.69. The Morgan fingerprint density at radius 1 is 1.40 bits per heavy atom. The van der Waals surface area contributed by atoms with E-state index in [1.807, 2.05) is 6.08 Å². The Morgan fingerprint density at radius 3 is 2.80 bits per heavy atom. The van der Waals surface area contributed by atoms with Gasteiger partial charge in [-0.05, 0) is 50.5 Å². The molecule has 0 spiro atoms. The van der Waals surface area contributed by atoms with E-state index in [1.165, 1.54) is 19.3 Å². The number of nitrogens with zero attached hydrogens (tertiary/aromatic N) is 1. The average Bonchev–Trinajstić information content (AvgIpc) is 2.41. The molecule has 2 N–H and O–H groups in total. The molecule has 0 aromatic heterocycles. The fraction of sp³-hybridized carbons (Fsp3) is 0.706. The summed E-state index contributed by atoms with van der Waals surface area (Å²) in [5, 5.41) is 12.0. The normalized spacial score (nSPS) is 29.7. The molecule has 0 aromatic rings. The number of likely N-dealkylation sites (tertiary alicyclic amines) is 1. The Labute approximate surface area is 123 Å². The summed E-state index contributed by atoms with van der Waals surface area (Å²) >= 11 is 0. The van der Waals surface area contributed by atoms with Crippen molar-refractivity contribution < 1.29 is 0 Å². The van der Waals surface area contributed by atoms with Gasteiger partial charge in [0, 0.05) is 30.4 Å². The molecule has 3 nitrogen and oxygen atoms in total. The maximum Gasteiger partial charge on any atom is 0.122 e. The molecular weight excluding hydrogens is 246 g/mol. The van der Waals surface area contributed by atoms with Gasteiger partial charge in [0.05, 0.1) is 0 Å². The van der Waals surface area contributed by atoms with Gasteiger partial charge in [-0.2, -0.15) is 0 Å². The molecule has 0 saturated carbocycles. The summed E-state index contributed by atoms with van der Waals surface area (Å²) < 4.78 is 0. The van der Waals surface area contributed by atoms with Gasteiger partial charge in [0.2, 0.25) is 0 Å². The lowest BCUT2D eigenvalue weighted by Gasteiger charge is -2.36. The maximum absolute atomic E-state index is 8.38. The van der Waals surface area contributed by atoms with E-state index in [2.05, 4.69) is 37.6 Å². The van der Waals surface area contributed by atoms with Crippen molar-refractivity contribution in [2.75, 3.05) is 6.54 Å². The van der Waals surface area contributed by atoms with Crippen LogP contribution in [-0.4, -0.2) is 29.4 Å². The van der Waals surface area contributed by atoms with Crippen molar-refractivity contribution in [1.29, 1.82) is 5.41 Å². The summed E-state index contributed by atoms with van der Waals surface area (Å²) in [5.74, 6) is 1.26. The third-order valence-electron chi connectivity index (χ3n) is 4.68. The first-order valence-corrected chi connectivity index (χ1v) is 8.00. The summed E-state index contributed by atoms with van der Waals surface area (Å²) in [5.41, 5.74) is 2.23. The number of amidine groups is 1. The molecule has 112 valence electrons. The molecule has 2 saturated heterocycles. The van der Waals surface area contributed by atoms with E-state index < -0.39 is 0 Å². The highest BCUT2D eigenvalue weighted by atomic mass is 15.2. The van der Waals surface area contributed by atoms with Crippen LogP contribution in [0.4, 0.5) is 0 Å². The van der Waals surface area contributed by atoms with E-state index in [4.69, 9.17) is 5.41 Å². The summed E-state index contributed by atoms with van der Waals surface area (Å²) in [4.78, 5) is 2.23. The molecule has 0 aromatic carbocycles. The Kier molecular flexibility index (Phi) is 4.90. The van der Waals surface area contributed by atoms with E-state index in [0.29, 0.717) is 23.8 Å². The van der Waals surface area contributed by atoms with Crippen LogP contribution in [-0.2, 0) is 0 Å². The van der Waals surface area contributed by atoms with E-state index >= 15 is 0 Å². The Balaban J connectivity index is 2.07. The SMILES string of the molecule is C=C1CCC(C(C)C)N/C1=C\C(=N)N1CCCCC1C. The highest BCUT2D eigenvalue weighted by Crippen LogP contribution is 2.25. The molecule has 2 rings (SSSR count). The fourth-order valence-corrected chi connectivity index (χ4v) is 3.16. The monoisotopic (exact) mass is 275 g/mol. The molecular formula is C17H29N3. The molecule has 20 heavy (non-hydrogen) atoms. The summed E-state index contributed by atoms with van der Waals surface area (Å²) in [7, 11) is 0. The van der Waals surface area contributed by atoms with Crippen LogP contribution in [0.25, 0.3) is 0 Å². The van der Waals surface area contributed by atoms with Gasteiger partial charge >= 0.3 is 0 Å². The molecule has 0 radical (unpaired) electrons. The van der Waals surface area contributed by atoms with Crippen LogP contribution in [0.15, 0.2) is 23.9 Å². The molecule has 2 fully saturated rings. The molecule has 3 heteroatoms. The van der Waals surface area contributed by atoms with Gasteiger partial charge in [0.1, 0.15) is 5.84 Å². The zero-order valence-electron chi connectivity index (χ0n) is 13.2. The minimum absolute atomic E-state index is 0.492. The van der Waals surface area contributed by atoms with Crippen molar-refractivity contribution >= 4 is 5.84 Å². The molecule has 2 aliphatic rings. The quantitative estimate of drug-likeness (QED) is 0.596. The smallest absolute Gasteiger partial charge is 0.122 e. The van der Waals surface area contributed by atoms with Crippen molar-refractivity contribution in [3.05, 3.63) is 23.9 Å². The number of nitrogens with one attached hydrogen (secondary N) is 2. The second kappa shape index (κ2) is 6.47. The highest BCUT2D eigenvalue weighted by Gasteiger charge is 2.24. The molecule has 2 unspecified atom stereocenters. The maximum atomic E-state index is 8.38. The van der Waals surface area contributed by atoms with Crippen LogP contribution < -0.4 is 5.32 Å². The van der Waals surface area contributed by atoms with Gasteiger partial charge in [0.15, 0.2) is 0 Å². The van der Waals surface area contributed by atoms with E-state index in [1.54, 1.807) is 0 Å². The standard InChI is InChI=1S/C17H29N3/c1-12(2)15-9-8-13(3)16(19-15)11-17(18)20-10-6-5-7-14(20)4/h11-12,14-15,18-19H,3,5-10H2,1-2,4H3/b16-11-,18-17?. The van der Waals surface area contributed by atoms with Gasteiger partial charge < -0.3 is 10.2 Å². The van der Waals surface area contributed by atoms with Crippen molar-refractivity contribution in [2.45, 2.75) is 65.0 Å². The van der Waals surface area contributed by atoms with Crippen molar-refractivity contribution in [3.8, 4) is 0 Å². The molecule has 2 heterocycles. The number of piperidine rings is 2. The van der Waals surface area contributed by atoms with Crippen LogP contribution in [0, 0.1) is 11.3 Å². The molecule has 0 bridgehead atoms. The van der Waals surface area contributed by atoms with Crippen LogP contribution in [0.2, 0.25) is 0 Å². The lowest BCUT2D eigenvalue weighted by atomic mass is 9.91. The summed E-state index contributed by atoms with van der Waals surface area (Å²) in [6.45, 7) is 11.9. The zero-order valence-corrected chi connectivity index (χ0v) is 13.2. The Hall–Kier alpha value is -1.25. The van der Waals surface area contributed by atoms with Gasteiger partial charge in [-0.25, -0.2) is 0 Å². The van der Waals surface area contributed by atoms with Crippen LogP contribution >= 0.6 is 0 Å². The largest absolute Gasteiger partial charge is 0.382 e. The van der Waals surface area contributed by atoms with Crippen LogP contribution in [0.5, 0.6) is 0 Å². The van der Waals surface area contributed by atoms with Gasteiger partial charge in [-0.15, -0.1) is 0 Å². The second-order valence-corrected chi connectivity index (χ2v) is 6.62. The summed E-state index contributed by atoms with van der Waals surface area (Å²) in [6.07, 6.45) is 7.90. The van der Waals surface area contributed by atoms with Crippen molar-refractivity contribution in [1.82, 2.24) is 10.2 Å². The number of allylic oxidation sites excluding steroid dienone is 1. The van der Waals surface area contributed by atoms with Crippen molar-refractivity contribution in [3.63, 3.8) is 0 Å². The van der Waals surface area contributed by atoms with Crippen molar-refractivity contribution in [2.24, 2.45) is 5.92 Å². The van der Waals surface area contributed by atoms with Crippen LogP contribution in [0.3, 0.4) is 0 Å². The molecule has 0 amide bonds. The minimum Gasteiger partial charge on any atom is -0.382 e. The molecule has 2 aliphatic heterocycles. The zero-order chi connectivity index (χ0) is 14.7. The van der Waals surface area contributed by atoms with Gasteiger partial charge in [0.25, 0.3) is 0 Å². The lowest BCUT2D eigenvalue weighted by molar-refractivity contribution is 0.258. The second-order valence-electron chi connectivity index (χ2n) is 6.62. The number of rotatable bonds is 2. The lowest BCUT2D eigenvalue weighted by Crippen LogP contribution is -2.42. The highest BCUT2D eigenvalue weighted by molar-refractivity contribution is 5.91. The van der Waals surface area contributed by atoms with Crippen LogP contribution in [0.1, 0.15) is 52.9 Å². The number of hydrogen-bond acceptors (Lipinski definition) is 2.